The Labute approximate surface area is 118 Å². The van der Waals surface area contributed by atoms with Crippen LogP contribution in [-0.2, 0) is 14.8 Å². The van der Waals surface area contributed by atoms with Gasteiger partial charge < -0.3 is 10.8 Å². The van der Waals surface area contributed by atoms with E-state index in [2.05, 4.69) is 0 Å². The third kappa shape index (κ3) is 2.78. The van der Waals surface area contributed by atoms with E-state index in [0.29, 0.717) is 13.0 Å². The predicted octanol–water partition coefficient (Wildman–Crippen LogP) is 1.00. The Morgan fingerprint density at radius 1 is 1.35 bits per heavy atom. The molecule has 0 saturated carbocycles. The normalized spacial score (nSPS) is 24.4. The van der Waals surface area contributed by atoms with Gasteiger partial charge in [-0.1, -0.05) is 19.1 Å². The molecule has 6 nitrogen and oxygen atoms in total. The summed E-state index contributed by atoms with van der Waals surface area (Å²) in [6.45, 7) is 2.17. The summed E-state index contributed by atoms with van der Waals surface area (Å²) in [5.74, 6) is -1.62. The average molecular weight is 298 g/mol. The first-order chi connectivity index (χ1) is 9.32. The monoisotopic (exact) mass is 298 g/mol. The van der Waals surface area contributed by atoms with E-state index in [4.69, 9.17) is 10.8 Å². The van der Waals surface area contributed by atoms with Gasteiger partial charge in [0.2, 0.25) is 10.0 Å². The van der Waals surface area contributed by atoms with Gasteiger partial charge in [0.25, 0.3) is 0 Å². The number of nitrogens with two attached hydrogens (primary N) is 1. The van der Waals surface area contributed by atoms with Crippen LogP contribution in [0.15, 0.2) is 29.2 Å². The van der Waals surface area contributed by atoms with E-state index in [-0.39, 0.29) is 23.0 Å². The highest BCUT2D eigenvalue weighted by Gasteiger charge is 2.36. The third-order valence-electron chi connectivity index (χ3n) is 3.51. The SMILES string of the molecule is CC1CC(C(=O)O)CN(S(=O)(=O)c2ccccc2N)C1. The summed E-state index contributed by atoms with van der Waals surface area (Å²) < 4.78 is 26.4. The van der Waals surface area contributed by atoms with Gasteiger partial charge in [-0.3, -0.25) is 4.79 Å². The van der Waals surface area contributed by atoms with E-state index >= 15 is 0 Å². The van der Waals surface area contributed by atoms with Crippen LogP contribution in [0.3, 0.4) is 0 Å². The molecule has 7 heteroatoms. The lowest BCUT2D eigenvalue weighted by Crippen LogP contribution is -2.45. The minimum Gasteiger partial charge on any atom is -0.481 e. The fourth-order valence-corrected chi connectivity index (χ4v) is 4.25. The Morgan fingerprint density at radius 2 is 2.00 bits per heavy atom. The van der Waals surface area contributed by atoms with E-state index < -0.39 is 21.9 Å². The van der Waals surface area contributed by atoms with Gasteiger partial charge in [-0.05, 0) is 24.5 Å². The summed E-state index contributed by atoms with van der Waals surface area (Å²) in [7, 11) is -3.75. The number of hydrogen-bond donors (Lipinski definition) is 2. The van der Waals surface area contributed by atoms with E-state index in [9.17, 15) is 13.2 Å². The molecule has 1 aromatic carbocycles. The van der Waals surface area contributed by atoms with Crippen LogP contribution in [0.25, 0.3) is 0 Å². The molecule has 110 valence electrons. The van der Waals surface area contributed by atoms with E-state index in [1.54, 1.807) is 12.1 Å². The first kappa shape index (κ1) is 14.8. The van der Waals surface area contributed by atoms with Gasteiger partial charge in [0.05, 0.1) is 11.6 Å². The number of sulfonamides is 1. The van der Waals surface area contributed by atoms with E-state index in [1.807, 2.05) is 6.92 Å². The maximum Gasteiger partial charge on any atom is 0.307 e. The van der Waals surface area contributed by atoms with Crippen LogP contribution in [0.1, 0.15) is 13.3 Å². The van der Waals surface area contributed by atoms with Gasteiger partial charge in [-0.15, -0.1) is 0 Å². The lowest BCUT2D eigenvalue weighted by Gasteiger charge is -2.33. The van der Waals surface area contributed by atoms with Crippen LogP contribution in [-0.4, -0.2) is 36.9 Å². The van der Waals surface area contributed by atoms with Gasteiger partial charge in [0, 0.05) is 13.1 Å². The molecule has 20 heavy (non-hydrogen) atoms. The van der Waals surface area contributed by atoms with Crippen molar-refractivity contribution in [3.8, 4) is 0 Å². The average Bonchev–Trinajstić information content (AvgIpc) is 2.38. The zero-order chi connectivity index (χ0) is 14.9. The van der Waals surface area contributed by atoms with Crippen LogP contribution < -0.4 is 5.73 Å². The molecule has 0 aromatic heterocycles. The third-order valence-corrected chi connectivity index (χ3v) is 5.42. The van der Waals surface area contributed by atoms with Crippen LogP contribution in [0.2, 0.25) is 0 Å². The number of nitrogen functional groups attached to an aromatic ring is 1. The van der Waals surface area contributed by atoms with Crippen molar-refractivity contribution in [2.45, 2.75) is 18.2 Å². The number of anilines is 1. The quantitative estimate of drug-likeness (QED) is 0.811. The summed E-state index contributed by atoms with van der Waals surface area (Å²) in [4.78, 5) is 11.2. The van der Waals surface area contributed by atoms with Gasteiger partial charge in [-0.25, -0.2) is 8.42 Å². The summed E-state index contributed by atoms with van der Waals surface area (Å²) in [5, 5.41) is 9.12. The number of para-hydroxylation sites is 1. The molecular weight excluding hydrogens is 280 g/mol. The second-order valence-electron chi connectivity index (χ2n) is 5.24. The summed E-state index contributed by atoms with van der Waals surface area (Å²) >= 11 is 0. The topological polar surface area (TPSA) is 101 Å². The number of carboxylic acids is 1. The Hall–Kier alpha value is -1.60. The van der Waals surface area contributed by atoms with Gasteiger partial charge >= 0.3 is 5.97 Å². The van der Waals surface area contributed by atoms with Crippen molar-refractivity contribution in [2.24, 2.45) is 11.8 Å². The number of rotatable bonds is 3. The molecule has 1 aliphatic heterocycles. The summed E-state index contributed by atoms with van der Waals surface area (Å²) in [6, 6.07) is 6.23. The van der Waals surface area contributed by atoms with Crippen LogP contribution >= 0.6 is 0 Å². The van der Waals surface area contributed by atoms with Crippen LogP contribution in [0.5, 0.6) is 0 Å². The molecule has 1 aromatic rings. The smallest absolute Gasteiger partial charge is 0.307 e. The van der Waals surface area contributed by atoms with E-state index in [1.165, 1.54) is 16.4 Å². The lowest BCUT2D eigenvalue weighted by atomic mass is 9.92. The highest BCUT2D eigenvalue weighted by Crippen LogP contribution is 2.29. The Bertz CT molecular complexity index is 615. The molecule has 0 spiro atoms. The molecule has 0 bridgehead atoms. The zero-order valence-corrected chi connectivity index (χ0v) is 12.0. The maximum atomic E-state index is 12.6. The number of piperidine rings is 1. The molecular formula is C13H18N2O4S. The fraction of sp³-hybridized carbons (Fsp3) is 0.462. The fourth-order valence-electron chi connectivity index (χ4n) is 2.53. The number of aliphatic carboxylic acids is 1. The highest BCUT2D eigenvalue weighted by atomic mass is 32.2. The van der Waals surface area contributed by atoms with Gasteiger partial charge in [0.15, 0.2) is 0 Å². The largest absolute Gasteiger partial charge is 0.481 e. The number of hydrogen-bond acceptors (Lipinski definition) is 4. The molecule has 0 aliphatic carbocycles. The maximum absolute atomic E-state index is 12.6. The predicted molar refractivity (Wildman–Crippen MR) is 74.5 cm³/mol. The molecule has 2 unspecified atom stereocenters. The van der Waals surface area contributed by atoms with Crippen LogP contribution in [0, 0.1) is 11.8 Å². The van der Waals surface area contributed by atoms with Crippen molar-refractivity contribution in [2.75, 3.05) is 18.8 Å². The second kappa shape index (κ2) is 5.41. The standard InChI is InChI=1S/C13H18N2O4S/c1-9-6-10(13(16)17)8-15(7-9)20(18,19)12-5-3-2-4-11(12)14/h2-5,9-10H,6-8,14H2,1H3,(H,16,17). The first-order valence-electron chi connectivity index (χ1n) is 6.40. The molecule has 1 saturated heterocycles. The molecule has 0 radical (unpaired) electrons. The molecule has 1 heterocycles. The Morgan fingerprint density at radius 3 is 2.60 bits per heavy atom. The summed E-state index contributed by atoms with van der Waals surface area (Å²) in [5.41, 5.74) is 5.90. The summed E-state index contributed by atoms with van der Waals surface area (Å²) in [6.07, 6.45) is 0.492. The molecule has 0 amide bonds. The molecule has 2 atom stereocenters. The second-order valence-corrected chi connectivity index (χ2v) is 7.14. The van der Waals surface area contributed by atoms with Crippen molar-refractivity contribution in [3.05, 3.63) is 24.3 Å². The molecule has 2 rings (SSSR count). The zero-order valence-electron chi connectivity index (χ0n) is 11.2. The lowest BCUT2D eigenvalue weighted by molar-refractivity contribution is -0.143. The molecule has 3 N–H and O–H groups in total. The van der Waals surface area contributed by atoms with Crippen molar-refractivity contribution in [1.82, 2.24) is 4.31 Å². The minimum absolute atomic E-state index is 0.00363. The van der Waals surface area contributed by atoms with Gasteiger partial charge in [-0.2, -0.15) is 4.31 Å². The van der Waals surface area contributed by atoms with Crippen molar-refractivity contribution < 1.29 is 18.3 Å². The van der Waals surface area contributed by atoms with Crippen molar-refractivity contribution in [1.29, 1.82) is 0 Å². The number of benzene rings is 1. The first-order valence-corrected chi connectivity index (χ1v) is 7.84. The Balaban J connectivity index is 2.34. The van der Waals surface area contributed by atoms with Gasteiger partial charge in [0.1, 0.15) is 4.90 Å². The number of carboxylic acid groups (broad SMARTS) is 1. The highest BCUT2D eigenvalue weighted by molar-refractivity contribution is 7.89. The molecule has 1 fully saturated rings. The minimum atomic E-state index is -3.75. The van der Waals surface area contributed by atoms with Crippen molar-refractivity contribution >= 4 is 21.7 Å². The molecule has 1 aliphatic rings. The van der Waals surface area contributed by atoms with Crippen molar-refractivity contribution in [3.63, 3.8) is 0 Å². The van der Waals surface area contributed by atoms with Crippen LogP contribution in [0.4, 0.5) is 5.69 Å². The number of carbonyl (C=O) groups is 1. The van der Waals surface area contributed by atoms with E-state index in [0.717, 1.165) is 0 Å². The number of nitrogens with zero attached hydrogens (tertiary/aromatic N) is 1. The Kier molecular flexibility index (Phi) is 4.01.